The van der Waals surface area contributed by atoms with Crippen LogP contribution < -0.4 is 5.32 Å². The van der Waals surface area contributed by atoms with Crippen LogP contribution in [-0.2, 0) is 11.2 Å². The summed E-state index contributed by atoms with van der Waals surface area (Å²) < 4.78 is 18.4. The van der Waals surface area contributed by atoms with Gasteiger partial charge < -0.3 is 10.1 Å². The molecule has 1 heterocycles. The van der Waals surface area contributed by atoms with E-state index in [4.69, 9.17) is 4.74 Å². The minimum absolute atomic E-state index is 0.173. The Morgan fingerprint density at radius 3 is 2.75 bits per heavy atom. The Kier molecular flexibility index (Phi) is 3.91. The van der Waals surface area contributed by atoms with Crippen LogP contribution >= 0.6 is 0 Å². The number of hydrogen-bond donors (Lipinski definition) is 1. The van der Waals surface area contributed by atoms with Crippen molar-refractivity contribution in [2.24, 2.45) is 0 Å². The average Bonchev–Trinajstić information content (AvgIpc) is 2.30. The second-order valence-electron chi connectivity index (χ2n) is 4.43. The molecule has 2 nitrogen and oxygen atoms in total. The highest BCUT2D eigenvalue weighted by Gasteiger charge is 2.17. The molecule has 0 amide bonds. The van der Waals surface area contributed by atoms with Gasteiger partial charge in [-0.15, -0.1) is 0 Å². The van der Waals surface area contributed by atoms with E-state index in [0.717, 1.165) is 26.0 Å². The zero-order chi connectivity index (χ0) is 11.4. The molecule has 88 valence electrons. The van der Waals surface area contributed by atoms with Crippen molar-refractivity contribution < 1.29 is 9.13 Å². The summed E-state index contributed by atoms with van der Waals surface area (Å²) in [5, 5.41) is 3.39. The molecular weight excluding hydrogens is 205 g/mol. The molecule has 1 aromatic rings. The van der Waals surface area contributed by atoms with Gasteiger partial charge in [0.05, 0.1) is 12.7 Å². The second-order valence-corrected chi connectivity index (χ2v) is 4.43. The summed E-state index contributed by atoms with van der Waals surface area (Å²) in [6.45, 7) is 3.83. The van der Waals surface area contributed by atoms with Gasteiger partial charge in [0.2, 0.25) is 0 Å². The first-order valence-electron chi connectivity index (χ1n) is 5.83. The van der Waals surface area contributed by atoms with Crippen LogP contribution in [0.4, 0.5) is 4.39 Å². The van der Waals surface area contributed by atoms with E-state index in [-0.39, 0.29) is 5.82 Å². The third-order valence-corrected chi connectivity index (χ3v) is 2.94. The molecule has 0 aromatic heterocycles. The first kappa shape index (κ1) is 11.6. The third kappa shape index (κ3) is 3.29. The molecule has 3 heteroatoms. The molecule has 0 spiro atoms. The topological polar surface area (TPSA) is 21.3 Å². The molecule has 1 saturated heterocycles. The fourth-order valence-corrected chi connectivity index (χ4v) is 1.90. The van der Waals surface area contributed by atoms with Crippen molar-refractivity contribution in [1.29, 1.82) is 0 Å². The van der Waals surface area contributed by atoms with Crippen LogP contribution in [0.3, 0.4) is 0 Å². The molecular formula is C13H18FNO. The molecule has 0 saturated carbocycles. The van der Waals surface area contributed by atoms with E-state index in [1.165, 1.54) is 17.7 Å². The van der Waals surface area contributed by atoms with Crippen LogP contribution in [0.25, 0.3) is 0 Å². The zero-order valence-corrected chi connectivity index (χ0v) is 9.58. The van der Waals surface area contributed by atoms with Crippen molar-refractivity contribution in [1.82, 2.24) is 5.32 Å². The Balaban J connectivity index is 1.77. The maximum Gasteiger partial charge on any atom is 0.123 e. The van der Waals surface area contributed by atoms with Crippen LogP contribution in [-0.4, -0.2) is 25.3 Å². The molecule has 1 unspecified atom stereocenters. The standard InChI is InChI=1S/C13H18FNO/c1-10-9-16-13(8-15-10)7-4-11-2-5-12(14)6-3-11/h2-3,5-6,10,13,15H,4,7-9H2,1H3/t10-,13?/m0/s1. The Morgan fingerprint density at radius 2 is 2.12 bits per heavy atom. The molecule has 1 aliphatic heterocycles. The lowest BCUT2D eigenvalue weighted by Crippen LogP contribution is -2.44. The number of benzene rings is 1. The van der Waals surface area contributed by atoms with E-state index in [1.54, 1.807) is 0 Å². The number of morpholine rings is 1. The lowest BCUT2D eigenvalue weighted by atomic mass is 10.1. The van der Waals surface area contributed by atoms with Crippen LogP contribution in [0.15, 0.2) is 24.3 Å². The molecule has 0 bridgehead atoms. The van der Waals surface area contributed by atoms with Crippen LogP contribution in [0.1, 0.15) is 18.9 Å². The summed E-state index contributed by atoms with van der Waals surface area (Å²) in [4.78, 5) is 0. The van der Waals surface area contributed by atoms with Crippen molar-refractivity contribution in [3.8, 4) is 0 Å². The molecule has 1 aliphatic rings. The number of rotatable bonds is 3. The summed E-state index contributed by atoms with van der Waals surface area (Å²) in [5.41, 5.74) is 1.17. The molecule has 2 rings (SSSR count). The van der Waals surface area contributed by atoms with E-state index >= 15 is 0 Å². The number of hydrogen-bond acceptors (Lipinski definition) is 2. The fourth-order valence-electron chi connectivity index (χ4n) is 1.90. The van der Waals surface area contributed by atoms with Gasteiger partial charge in [0, 0.05) is 12.6 Å². The lowest BCUT2D eigenvalue weighted by molar-refractivity contribution is 0.00396. The van der Waals surface area contributed by atoms with Gasteiger partial charge in [-0.1, -0.05) is 12.1 Å². The van der Waals surface area contributed by atoms with Gasteiger partial charge in [-0.25, -0.2) is 4.39 Å². The van der Waals surface area contributed by atoms with E-state index in [9.17, 15) is 4.39 Å². The Bertz CT molecular complexity index is 317. The Labute approximate surface area is 95.8 Å². The first-order valence-corrected chi connectivity index (χ1v) is 5.83. The van der Waals surface area contributed by atoms with Gasteiger partial charge >= 0.3 is 0 Å². The van der Waals surface area contributed by atoms with Crippen molar-refractivity contribution >= 4 is 0 Å². The van der Waals surface area contributed by atoms with Gasteiger partial charge in [-0.3, -0.25) is 0 Å². The Morgan fingerprint density at radius 1 is 1.38 bits per heavy atom. The van der Waals surface area contributed by atoms with Crippen LogP contribution in [0.2, 0.25) is 0 Å². The van der Waals surface area contributed by atoms with Gasteiger partial charge in [0.25, 0.3) is 0 Å². The quantitative estimate of drug-likeness (QED) is 0.847. The maximum atomic E-state index is 12.7. The van der Waals surface area contributed by atoms with Crippen molar-refractivity contribution in [2.45, 2.75) is 31.9 Å². The smallest absolute Gasteiger partial charge is 0.123 e. The van der Waals surface area contributed by atoms with E-state index in [2.05, 4.69) is 12.2 Å². The Hall–Kier alpha value is -0.930. The molecule has 1 fully saturated rings. The van der Waals surface area contributed by atoms with E-state index in [0.29, 0.717) is 12.1 Å². The molecule has 2 atom stereocenters. The zero-order valence-electron chi connectivity index (χ0n) is 9.58. The third-order valence-electron chi connectivity index (χ3n) is 2.94. The van der Waals surface area contributed by atoms with Gasteiger partial charge in [0.1, 0.15) is 5.82 Å². The number of aryl methyl sites for hydroxylation is 1. The van der Waals surface area contributed by atoms with Crippen molar-refractivity contribution in [3.63, 3.8) is 0 Å². The molecule has 1 aromatic carbocycles. The number of nitrogens with one attached hydrogen (secondary N) is 1. The molecule has 1 N–H and O–H groups in total. The number of ether oxygens (including phenoxy) is 1. The van der Waals surface area contributed by atoms with E-state index < -0.39 is 0 Å². The molecule has 0 radical (unpaired) electrons. The predicted octanol–water partition coefficient (Wildman–Crippen LogP) is 2.14. The molecule has 16 heavy (non-hydrogen) atoms. The highest BCUT2D eigenvalue weighted by atomic mass is 19.1. The van der Waals surface area contributed by atoms with Crippen LogP contribution in [0, 0.1) is 5.82 Å². The minimum Gasteiger partial charge on any atom is -0.375 e. The summed E-state index contributed by atoms with van der Waals surface area (Å²) >= 11 is 0. The van der Waals surface area contributed by atoms with Crippen molar-refractivity contribution in [2.75, 3.05) is 13.2 Å². The number of halogens is 1. The monoisotopic (exact) mass is 223 g/mol. The summed E-state index contributed by atoms with van der Waals surface area (Å²) in [6.07, 6.45) is 2.23. The average molecular weight is 223 g/mol. The largest absolute Gasteiger partial charge is 0.375 e. The van der Waals surface area contributed by atoms with Crippen LogP contribution in [0.5, 0.6) is 0 Å². The predicted molar refractivity (Wildman–Crippen MR) is 61.9 cm³/mol. The van der Waals surface area contributed by atoms with Crippen molar-refractivity contribution in [3.05, 3.63) is 35.6 Å². The highest BCUT2D eigenvalue weighted by molar-refractivity contribution is 5.16. The van der Waals surface area contributed by atoms with Gasteiger partial charge in [-0.2, -0.15) is 0 Å². The summed E-state index contributed by atoms with van der Waals surface area (Å²) in [7, 11) is 0. The lowest BCUT2D eigenvalue weighted by Gasteiger charge is -2.28. The summed E-state index contributed by atoms with van der Waals surface area (Å²) in [5.74, 6) is -0.173. The minimum atomic E-state index is -0.173. The first-order chi connectivity index (χ1) is 7.74. The summed E-state index contributed by atoms with van der Waals surface area (Å²) in [6, 6.07) is 7.17. The highest BCUT2D eigenvalue weighted by Crippen LogP contribution is 2.11. The SMILES string of the molecule is C[C@H]1COC(CCc2ccc(F)cc2)CN1. The molecule has 0 aliphatic carbocycles. The van der Waals surface area contributed by atoms with E-state index in [1.807, 2.05) is 12.1 Å². The van der Waals surface area contributed by atoms with Gasteiger partial charge in [-0.05, 0) is 37.5 Å². The van der Waals surface area contributed by atoms with Gasteiger partial charge in [0.15, 0.2) is 0 Å². The fraction of sp³-hybridized carbons (Fsp3) is 0.538. The maximum absolute atomic E-state index is 12.7. The normalized spacial score (nSPS) is 25.6. The second kappa shape index (κ2) is 5.41.